The van der Waals surface area contributed by atoms with E-state index in [1.54, 1.807) is 0 Å². The largest absolute Gasteiger partial charge is 0.481 e. The molecule has 0 saturated heterocycles. The highest BCUT2D eigenvalue weighted by molar-refractivity contribution is 7.73. The molecule has 1 aliphatic rings. The molecule has 0 saturated carbocycles. The van der Waals surface area contributed by atoms with Crippen molar-refractivity contribution in [1.82, 2.24) is 0 Å². The molecule has 0 radical (unpaired) electrons. The van der Waals surface area contributed by atoms with Crippen LogP contribution in [-0.2, 0) is 15.1 Å². The Morgan fingerprint density at radius 1 is 1.36 bits per heavy atom. The summed E-state index contributed by atoms with van der Waals surface area (Å²) >= 11 is 0. The smallest absolute Gasteiger partial charge is 0.426 e. The maximum Gasteiger partial charge on any atom is 0.426 e. The summed E-state index contributed by atoms with van der Waals surface area (Å²) < 4.78 is 66.5. The van der Waals surface area contributed by atoms with Gasteiger partial charge in [0.25, 0.3) is 0 Å². The van der Waals surface area contributed by atoms with Crippen LogP contribution < -0.4 is 10.1 Å². The molecule has 1 heterocycles. The molecule has 2 N–H and O–H groups in total. The van der Waals surface area contributed by atoms with Crippen LogP contribution in [0.2, 0.25) is 0 Å². The minimum absolute atomic E-state index is 0.201. The predicted molar refractivity (Wildman–Crippen MR) is 70.6 cm³/mol. The summed E-state index contributed by atoms with van der Waals surface area (Å²) in [6, 6.07) is 3.77. The Balaban J connectivity index is 2.76. The van der Waals surface area contributed by atoms with Gasteiger partial charge in [-0.15, -0.1) is 0 Å². The third kappa shape index (κ3) is 2.73. The van der Waals surface area contributed by atoms with Gasteiger partial charge in [0.15, 0.2) is 0 Å². The number of carboxylic acids is 1. The molecule has 0 aromatic heterocycles. The van der Waals surface area contributed by atoms with E-state index < -0.39 is 39.3 Å². The first-order valence-electron chi connectivity index (χ1n) is 5.91. The zero-order valence-electron chi connectivity index (χ0n) is 11.0. The molecule has 0 aliphatic carbocycles. The van der Waals surface area contributed by atoms with Crippen molar-refractivity contribution in [1.29, 1.82) is 0 Å². The number of carbonyl (C=O) groups is 1. The summed E-state index contributed by atoms with van der Waals surface area (Å²) in [5, 5.41) is 11.7. The summed E-state index contributed by atoms with van der Waals surface area (Å²) in [4.78, 5) is 10.3. The fourth-order valence-corrected chi connectivity index (χ4v) is 2.95. The molecular weight excluding hydrogens is 327 g/mol. The summed E-state index contributed by atoms with van der Waals surface area (Å²) in [7, 11) is -1.63. The molecule has 0 bridgehead atoms. The maximum atomic E-state index is 13.0. The molecule has 0 fully saturated rings. The predicted octanol–water partition coefficient (Wildman–Crippen LogP) is 1.15. The van der Waals surface area contributed by atoms with Gasteiger partial charge in [0.05, 0.1) is 0 Å². The van der Waals surface area contributed by atoms with Crippen molar-refractivity contribution in [3.8, 4) is 5.75 Å². The molecule has 1 aliphatic heterocycles. The van der Waals surface area contributed by atoms with E-state index in [9.17, 15) is 26.4 Å². The molecule has 120 valence electrons. The van der Waals surface area contributed by atoms with E-state index in [4.69, 9.17) is 9.84 Å². The number of anilines is 1. The first-order chi connectivity index (χ1) is 10.2. The van der Waals surface area contributed by atoms with Crippen molar-refractivity contribution in [2.75, 3.05) is 12.4 Å². The number of nitrogens with one attached hydrogen (secondary N) is 1. The molecule has 0 spiro atoms. The van der Waals surface area contributed by atoms with Crippen molar-refractivity contribution >= 4 is 26.8 Å². The molecule has 6 nitrogen and oxygen atoms in total. The normalized spacial score (nSPS) is 20.8. The van der Waals surface area contributed by atoms with Gasteiger partial charge in [-0.2, -0.15) is 21.6 Å². The maximum absolute atomic E-state index is 13.0. The molecule has 10 heteroatoms. The highest BCUT2D eigenvalue weighted by atomic mass is 32.2. The number of alkyl halides is 3. The highest BCUT2D eigenvalue weighted by Crippen LogP contribution is 2.39. The fourth-order valence-electron chi connectivity index (χ4n) is 2.18. The van der Waals surface area contributed by atoms with Gasteiger partial charge in [-0.05, 0) is 18.2 Å². The first kappa shape index (κ1) is 16.1. The first-order valence-corrected chi connectivity index (χ1v) is 6.98. The molecule has 1 aromatic carbocycles. The lowest BCUT2D eigenvalue weighted by molar-refractivity contribution is -0.209. The Bertz CT molecular complexity index is 749. The van der Waals surface area contributed by atoms with Crippen LogP contribution in [0.1, 0.15) is 5.56 Å². The minimum atomic E-state index is -5.03. The van der Waals surface area contributed by atoms with Crippen LogP contribution in [0.25, 0.3) is 0 Å². The molecule has 2 atom stereocenters. The number of aliphatic carboxylic acids is 1. The summed E-state index contributed by atoms with van der Waals surface area (Å²) in [6.45, 7) is 0. The summed E-state index contributed by atoms with van der Waals surface area (Å²) in [6.07, 6.45) is -7.81. The Morgan fingerprint density at radius 2 is 2.00 bits per heavy atom. The van der Waals surface area contributed by atoms with Gasteiger partial charge in [-0.3, -0.25) is 4.79 Å². The van der Waals surface area contributed by atoms with E-state index >= 15 is 0 Å². The van der Waals surface area contributed by atoms with Crippen LogP contribution >= 0.6 is 0 Å². The van der Waals surface area contributed by atoms with Crippen molar-refractivity contribution in [3.05, 3.63) is 23.8 Å². The number of hydrogen-bond acceptors (Lipinski definition) is 5. The standard InChI is InChI=1S/C12H10F3NO5S/c1-16-5-2-3-7-6(4-5)9(22(19)20)8(11(17)18)10(21-7)12(13,14)15/h2-4,8,10,16H,1H3,(H,17,18)/t8-,10+/m1/s1. The number of ether oxygens (including phenoxy) is 1. The highest BCUT2D eigenvalue weighted by Gasteiger charge is 2.55. The quantitative estimate of drug-likeness (QED) is 0.787. The lowest BCUT2D eigenvalue weighted by atomic mass is 9.89. The van der Waals surface area contributed by atoms with Gasteiger partial charge in [-0.25, -0.2) is 0 Å². The van der Waals surface area contributed by atoms with Gasteiger partial charge >= 0.3 is 12.1 Å². The molecule has 22 heavy (non-hydrogen) atoms. The Hall–Kier alpha value is -2.23. The number of halogens is 3. The molecule has 1 aromatic rings. The minimum Gasteiger partial charge on any atom is -0.481 e. The third-order valence-corrected chi connectivity index (χ3v) is 3.97. The topological polar surface area (TPSA) is 92.7 Å². The van der Waals surface area contributed by atoms with Gasteiger partial charge in [-0.1, -0.05) is 0 Å². The van der Waals surface area contributed by atoms with E-state index in [1.165, 1.54) is 19.2 Å². The Kier molecular flexibility index (Phi) is 4.05. The molecule has 2 rings (SSSR count). The number of fused-ring (bicyclic) bond motifs is 1. The van der Waals surface area contributed by atoms with Gasteiger partial charge < -0.3 is 15.2 Å². The third-order valence-electron chi connectivity index (χ3n) is 3.14. The van der Waals surface area contributed by atoms with Crippen molar-refractivity contribution in [2.24, 2.45) is 5.92 Å². The zero-order chi connectivity index (χ0) is 16.7. The van der Waals surface area contributed by atoms with Crippen LogP contribution in [0.15, 0.2) is 18.2 Å². The SMILES string of the molecule is CNc1ccc2c(c1)C(=S(=O)=O)[C@@H](C(=O)O)[C@@H](C(F)(F)F)O2. The number of hydrogen-bond donors (Lipinski definition) is 2. The van der Waals surface area contributed by atoms with Crippen LogP contribution in [0, 0.1) is 5.92 Å². The number of benzene rings is 1. The van der Waals surface area contributed by atoms with Crippen LogP contribution in [0.3, 0.4) is 0 Å². The zero-order valence-corrected chi connectivity index (χ0v) is 11.8. The van der Waals surface area contributed by atoms with Crippen molar-refractivity contribution < 1.29 is 36.2 Å². The molecule has 0 unspecified atom stereocenters. The number of rotatable bonds is 2. The van der Waals surface area contributed by atoms with Gasteiger partial charge in [0, 0.05) is 18.3 Å². The van der Waals surface area contributed by atoms with Crippen LogP contribution in [-0.4, -0.2) is 43.7 Å². The van der Waals surface area contributed by atoms with E-state index in [-0.39, 0.29) is 11.3 Å². The fraction of sp³-hybridized carbons (Fsp3) is 0.333. The summed E-state index contributed by atoms with van der Waals surface area (Å²) in [5.41, 5.74) is 0.202. The second-order valence-corrected chi connectivity index (χ2v) is 5.37. The van der Waals surface area contributed by atoms with E-state index in [1.807, 2.05) is 0 Å². The molecular formula is C12H10F3NO5S. The van der Waals surface area contributed by atoms with Crippen LogP contribution in [0.5, 0.6) is 5.75 Å². The number of carboxylic acid groups (broad SMARTS) is 1. The molecule has 0 amide bonds. The second kappa shape index (κ2) is 5.52. The van der Waals surface area contributed by atoms with E-state index in [0.29, 0.717) is 5.69 Å². The second-order valence-electron chi connectivity index (χ2n) is 4.46. The van der Waals surface area contributed by atoms with Crippen molar-refractivity contribution in [3.63, 3.8) is 0 Å². The lowest BCUT2D eigenvalue weighted by Crippen LogP contribution is -2.51. The average Bonchev–Trinajstić information content (AvgIpc) is 2.43. The van der Waals surface area contributed by atoms with Gasteiger partial charge in [0.1, 0.15) is 16.5 Å². The monoisotopic (exact) mass is 337 g/mol. The van der Waals surface area contributed by atoms with E-state index in [2.05, 4.69) is 5.32 Å². The van der Waals surface area contributed by atoms with Crippen LogP contribution in [0.4, 0.5) is 18.9 Å². The average molecular weight is 337 g/mol. The Morgan fingerprint density at radius 3 is 2.45 bits per heavy atom. The van der Waals surface area contributed by atoms with Gasteiger partial charge in [0.2, 0.25) is 16.4 Å². The van der Waals surface area contributed by atoms with E-state index in [0.717, 1.165) is 6.07 Å². The van der Waals surface area contributed by atoms with Crippen molar-refractivity contribution in [2.45, 2.75) is 12.3 Å². The lowest BCUT2D eigenvalue weighted by Gasteiger charge is -2.32. The summed E-state index contributed by atoms with van der Waals surface area (Å²) in [5.74, 6) is -4.63. The Labute approximate surface area is 124 Å².